The van der Waals surface area contributed by atoms with Crippen LogP contribution in [0.25, 0.3) is 0 Å². The molecule has 0 radical (unpaired) electrons. The van der Waals surface area contributed by atoms with E-state index in [-0.39, 0.29) is 0 Å². The van der Waals surface area contributed by atoms with Crippen LogP contribution in [0.1, 0.15) is 23.7 Å². The maximum Gasteiger partial charge on any atom is 0.127 e. The van der Waals surface area contributed by atoms with E-state index in [1.807, 2.05) is 6.92 Å². The van der Waals surface area contributed by atoms with Gasteiger partial charge >= 0.3 is 0 Å². The number of anilines is 1. The van der Waals surface area contributed by atoms with E-state index in [1.54, 1.807) is 0 Å². The molecule has 0 saturated heterocycles. The lowest BCUT2D eigenvalue weighted by molar-refractivity contribution is 1.06. The van der Waals surface area contributed by atoms with Crippen LogP contribution in [0.15, 0.2) is 6.07 Å². The highest BCUT2D eigenvalue weighted by Gasteiger charge is 2.02. The molecule has 2 N–H and O–H groups in total. The van der Waals surface area contributed by atoms with Crippen molar-refractivity contribution < 1.29 is 0 Å². The Morgan fingerprint density at radius 3 is 2.55 bits per heavy atom. The van der Waals surface area contributed by atoms with Crippen molar-refractivity contribution in [2.45, 2.75) is 27.2 Å². The monoisotopic (exact) mass is 150 g/mol. The minimum absolute atomic E-state index is 0.685. The van der Waals surface area contributed by atoms with Gasteiger partial charge < -0.3 is 5.73 Å². The second-order valence-electron chi connectivity index (χ2n) is 2.80. The fourth-order valence-corrected chi connectivity index (χ4v) is 1.35. The largest absolute Gasteiger partial charge is 0.383 e. The van der Waals surface area contributed by atoms with E-state index in [2.05, 4.69) is 24.9 Å². The van der Waals surface area contributed by atoms with Gasteiger partial charge in [0.05, 0.1) is 0 Å². The molecule has 2 nitrogen and oxygen atoms in total. The van der Waals surface area contributed by atoms with Gasteiger partial charge in [-0.05, 0) is 37.5 Å². The topological polar surface area (TPSA) is 38.9 Å². The van der Waals surface area contributed by atoms with Gasteiger partial charge in [0.15, 0.2) is 0 Å². The smallest absolute Gasteiger partial charge is 0.127 e. The number of nitrogens with two attached hydrogens (primary N) is 1. The highest BCUT2D eigenvalue weighted by Crippen LogP contribution is 2.15. The fraction of sp³-hybridized carbons (Fsp3) is 0.444. The van der Waals surface area contributed by atoms with Crippen LogP contribution in [0.4, 0.5) is 5.82 Å². The molecule has 11 heavy (non-hydrogen) atoms. The van der Waals surface area contributed by atoms with E-state index in [4.69, 9.17) is 5.73 Å². The van der Waals surface area contributed by atoms with Crippen molar-refractivity contribution in [1.29, 1.82) is 0 Å². The second kappa shape index (κ2) is 2.91. The molecule has 1 heterocycles. The zero-order chi connectivity index (χ0) is 8.43. The zero-order valence-electron chi connectivity index (χ0n) is 7.31. The van der Waals surface area contributed by atoms with Crippen molar-refractivity contribution in [3.05, 3.63) is 22.9 Å². The Labute approximate surface area is 67.5 Å². The average molecular weight is 150 g/mol. The van der Waals surface area contributed by atoms with Gasteiger partial charge in [-0.25, -0.2) is 4.98 Å². The quantitative estimate of drug-likeness (QED) is 0.663. The molecule has 0 bridgehead atoms. The van der Waals surface area contributed by atoms with Gasteiger partial charge in [0.25, 0.3) is 0 Å². The Hall–Kier alpha value is -1.05. The van der Waals surface area contributed by atoms with Crippen molar-refractivity contribution in [1.82, 2.24) is 4.98 Å². The molecule has 0 aromatic carbocycles. The second-order valence-corrected chi connectivity index (χ2v) is 2.80. The Morgan fingerprint density at radius 1 is 1.45 bits per heavy atom. The van der Waals surface area contributed by atoms with Crippen LogP contribution in [0.2, 0.25) is 0 Å². The number of nitrogen functional groups attached to an aromatic ring is 1. The molecule has 0 amide bonds. The Bertz CT molecular complexity index is 243. The summed E-state index contributed by atoms with van der Waals surface area (Å²) in [5.41, 5.74) is 9.14. The summed E-state index contributed by atoms with van der Waals surface area (Å²) in [6, 6.07) is 2.06. The molecular formula is C9H14N2. The molecule has 0 aliphatic heterocycles. The normalized spacial score (nSPS) is 10.1. The van der Waals surface area contributed by atoms with E-state index >= 15 is 0 Å². The standard InChI is InChI=1S/C9H14N2/c1-4-8-6(2)5-7(3)11-9(8)10/h5H,4H2,1-3H3,(H2,10,11). The predicted octanol–water partition coefficient (Wildman–Crippen LogP) is 1.84. The summed E-state index contributed by atoms with van der Waals surface area (Å²) in [7, 11) is 0. The number of rotatable bonds is 1. The van der Waals surface area contributed by atoms with Crippen LogP contribution >= 0.6 is 0 Å². The molecular weight excluding hydrogens is 136 g/mol. The van der Waals surface area contributed by atoms with Gasteiger partial charge in [-0.2, -0.15) is 0 Å². The van der Waals surface area contributed by atoms with Crippen LogP contribution < -0.4 is 5.73 Å². The van der Waals surface area contributed by atoms with Crippen LogP contribution in [0.3, 0.4) is 0 Å². The molecule has 1 aromatic heterocycles. The molecule has 0 fully saturated rings. The number of pyridine rings is 1. The van der Waals surface area contributed by atoms with Gasteiger partial charge in [0.2, 0.25) is 0 Å². The molecule has 0 atom stereocenters. The number of hydrogen-bond acceptors (Lipinski definition) is 2. The number of aryl methyl sites for hydroxylation is 2. The van der Waals surface area contributed by atoms with Crippen LogP contribution in [0.5, 0.6) is 0 Å². The lowest BCUT2D eigenvalue weighted by Crippen LogP contribution is -2.00. The first-order valence-electron chi connectivity index (χ1n) is 3.87. The summed E-state index contributed by atoms with van der Waals surface area (Å²) >= 11 is 0. The first-order chi connectivity index (χ1) is 5.15. The lowest BCUT2D eigenvalue weighted by Gasteiger charge is -2.06. The van der Waals surface area contributed by atoms with Crippen molar-refractivity contribution in [2.75, 3.05) is 5.73 Å². The minimum Gasteiger partial charge on any atom is -0.383 e. The molecule has 0 unspecified atom stereocenters. The van der Waals surface area contributed by atoms with Gasteiger partial charge in [-0.15, -0.1) is 0 Å². The SMILES string of the molecule is CCc1c(C)cc(C)nc1N. The fourth-order valence-electron chi connectivity index (χ4n) is 1.35. The van der Waals surface area contributed by atoms with E-state index in [9.17, 15) is 0 Å². The van der Waals surface area contributed by atoms with Crippen LogP contribution in [-0.2, 0) is 6.42 Å². The zero-order valence-corrected chi connectivity index (χ0v) is 7.31. The molecule has 0 aliphatic rings. The third-order valence-electron chi connectivity index (χ3n) is 1.86. The summed E-state index contributed by atoms with van der Waals surface area (Å²) in [5, 5.41) is 0. The molecule has 60 valence electrons. The van der Waals surface area contributed by atoms with Gasteiger partial charge in [-0.3, -0.25) is 0 Å². The third-order valence-corrected chi connectivity index (χ3v) is 1.86. The highest BCUT2D eigenvalue weighted by atomic mass is 14.8. The van der Waals surface area contributed by atoms with Crippen LogP contribution in [-0.4, -0.2) is 4.98 Å². The first-order valence-corrected chi connectivity index (χ1v) is 3.87. The van der Waals surface area contributed by atoms with Crippen molar-refractivity contribution in [3.63, 3.8) is 0 Å². The Balaban J connectivity index is 3.25. The summed E-state index contributed by atoms with van der Waals surface area (Å²) in [5.74, 6) is 0.685. The lowest BCUT2D eigenvalue weighted by atomic mass is 10.1. The number of nitrogens with zero attached hydrogens (tertiary/aromatic N) is 1. The highest BCUT2D eigenvalue weighted by molar-refractivity contribution is 5.45. The summed E-state index contributed by atoms with van der Waals surface area (Å²) in [6.07, 6.45) is 0.963. The third kappa shape index (κ3) is 1.50. The van der Waals surface area contributed by atoms with E-state index in [0.717, 1.165) is 12.1 Å². The Morgan fingerprint density at radius 2 is 2.09 bits per heavy atom. The summed E-state index contributed by atoms with van der Waals surface area (Å²) in [6.45, 7) is 6.13. The van der Waals surface area contributed by atoms with Gasteiger partial charge in [-0.1, -0.05) is 6.92 Å². The summed E-state index contributed by atoms with van der Waals surface area (Å²) < 4.78 is 0. The van der Waals surface area contributed by atoms with Crippen molar-refractivity contribution >= 4 is 5.82 Å². The molecule has 0 spiro atoms. The maximum absolute atomic E-state index is 5.72. The molecule has 0 saturated carbocycles. The van der Waals surface area contributed by atoms with Gasteiger partial charge in [0.1, 0.15) is 5.82 Å². The van der Waals surface area contributed by atoms with Crippen LogP contribution in [0, 0.1) is 13.8 Å². The molecule has 2 heteroatoms. The molecule has 0 aliphatic carbocycles. The van der Waals surface area contributed by atoms with Gasteiger partial charge in [0, 0.05) is 5.69 Å². The Kier molecular flexibility index (Phi) is 2.13. The number of hydrogen-bond donors (Lipinski definition) is 1. The predicted molar refractivity (Wildman–Crippen MR) is 47.5 cm³/mol. The van der Waals surface area contributed by atoms with E-state index < -0.39 is 0 Å². The van der Waals surface area contributed by atoms with E-state index in [0.29, 0.717) is 5.82 Å². The van der Waals surface area contributed by atoms with Crippen molar-refractivity contribution in [3.8, 4) is 0 Å². The first kappa shape index (κ1) is 8.05. The van der Waals surface area contributed by atoms with E-state index in [1.165, 1.54) is 11.1 Å². The number of aromatic nitrogens is 1. The molecule has 1 rings (SSSR count). The average Bonchev–Trinajstić information content (AvgIpc) is 1.85. The maximum atomic E-state index is 5.72. The minimum atomic E-state index is 0.685. The molecule has 1 aromatic rings. The van der Waals surface area contributed by atoms with Crippen molar-refractivity contribution in [2.24, 2.45) is 0 Å². The summed E-state index contributed by atoms with van der Waals surface area (Å²) in [4.78, 5) is 4.18.